The third-order valence-corrected chi connectivity index (χ3v) is 5.08. The summed E-state index contributed by atoms with van der Waals surface area (Å²) in [5, 5.41) is 0.944. The Kier molecular flexibility index (Phi) is 4.99. The van der Waals surface area contributed by atoms with Gasteiger partial charge in [-0.25, -0.2) is 4.98 Å². The zero-order valence-electron chi connectivity index (χ0n) is 16.4. The molecule has 0 radical (unpaired) electrons. The van der Waals surface area contributed by atoms with Gasteiger partial charge in [0.15, 0.2) is 0 Å². The van der Waals surface area contributed by atoms with Crippen molar-refractivity contribution < 1.29 is 4.79 Å². The first-order valence-electron chi connectivity index (χ1n) is 9.68. The molecule has 2 aromatic heterocycles. The first kappa shape index (κ1) is 18.7. The van der Waals surface area contributed by atoms with E-state index >= 15 is 0 Å². The number of carbonyl (C=O) groups excluding carboxylic acids is 1. The minimum Gasteiger partial charge on any atom is -0.339 e. The van der Waals surface area contributed by atoms with Gasteiger partial charge in [0.1, 0.15) is 5.82 Å². The van der Waals surface area contributed by atoms with Crippen molar-refractivity contribution in [2.24, 2.45) is 0 Å². The summed E-state index contributed by atoms with van der Waals surface area (Å²) in [5.74, 6) is 0.532. The highest BCUT2D eigenvalue weighted by Gasteiger charge is 2.14. The van der Waals surface area contributed by atoms with Crippen LogP contribution in [0.5, 0.6) is 0 Å². The van der Waals surface area contributed by atoms with Crippen molar-refractivity contribution in [2.45, 2.75) is 13.8 Å². The molecule has 0 atom stereocenters. The van der Waals surface area contributed by atoms with Gasteiger partial charge in [0.2, 0.25) is 0 Å². The van der Waals surface area contributed by atoms with Crippen LogP contribution in [0.3, 0.4) is 0 Å². The SMILES string of the molecule is CCN(CC)C(=O)c1ccc(-c2cnc(-c3cc4ccccc4[nH]c3=O)[nH]2)cc1. The van der Waals surface area contributed by atoms with E-state index in [1.54, 1.807) is 11.1 Å². The number of fused-ring (bicyclic) bond motifs is 1. The largest absolute Gasteiger partial charge is 0.339 e. The van der Waals surface area contributed by atoms with Gasteiger partial charge in [-0.3, -0.25) is 9.59 Å². The summed E-state index contributed by atoms with van der Waals surface area (Å²) in [6.45, 7) is 5.30. The van der Waals surface area contributed by atoms with E-state index < -0.39 is 0 Å². The molecule has 29 heavy (non-hydrogen) atoms. The van der Waals surface area contributed by atoms with Crippen molar-refractivity contribution in [1.82, 2.24) is 19.9 Å². The number of hydrogen-bond acceptors (Lipinski definition) is 3. The fraction of sp³-hybridized carbons (Fsp3) is 0.174. The van der Waals surface area contributed by atoms with E-state index in [1.165, 1.54) is 0 Å². The molecule has 0 saturated heterocycles. The summed E-state index contributed by atoms with van der Waals surface area (Å²) in [5.41, 5.74) is 3.43. The zero-order valence-corrected chi connectivity index (χ0v) is 16.4. The van der Waals surface area contributed by atoms with Crippen LogP contribution in [0, 0.1) is 0 Å². The molecule has 4 rings (SSSR count). The number of amides is 1. The number of benzene rings is 2. The molecule has 6 nitrogen and oxygen atoms in total. The lowest BCUT2D eigenvalue weighted by atomic mass is 10.1. The van der Waals surface area contributed by atoms with Gasteiger partial charge in [-0.2, -0.15) is 0 Å². The normalized spacial score (nSPS) is 11.0. The van der Waals surface area contributed by atoms with Crippen LogP contribution in [-0.2, 0) is 0 Å². The number of para-hydroxylation sites is 1. The lowest BCUT2D eigenvalue weighted by molar-refractivity contribution is 0.0773. The average Bonchev–Trinajstić information content (AvgIpc) is 3.24. The predicted molar refractivity (Wildman–Crippen MR) is 115 cm³/mol. The maximum absolute atomic E-state index is 12.5. The first-order chi connectivity index (χ1) is 14.1. The molecule has 4 aromatic rings. The molecule has 2 N–H and O–H groups in total. The minimum atomic E-state index is -0.190. The number of nitrogens with one attached hydrogen (secondary N) is 2. The van der Waals surface area contributed by atoms with Crippen LogP contribution in [0.4, 0.5) is 0 Å². The fourth-order valence-electron chi connectivity index (χ4n) is 3.41. The number of H-pyrrole nitrogens is 2. The monoisotopic (exact) mass is 386 g/mol. The van der Waals surface area contributed by atoms with Crippen LogP contribution in [-0.4, -0.2) is 38.8 Å². The fourth-order valence-corrected chi connectivity index (χ4v) is 3.41. The number of rotatable bonds is 5. The van der Waals surface area contributed by atoms with Crippen LogP contribution in [0.2, 0.25) is 0 Å². The van der Waals surface area contributed by atoms with Crippen LogP contribution < -0.4 is 5.56 Å². The Morgan fingerprint density at radius 3 is 2.45 bits per heavy atom. The van der Waals surface area contributed by atoms with Gasteiger partial charge >= 0.3 is 0 Å². The molecule has 0 fully saturated rings. The van der Waals surface area contributed by atoms with Crippen molar-refractivity contribution in [3.05, 3.63) is 76.7 Å². The Morgan fingerprint density at radius 1 is 1.00 bits per heavy atom. The van der Waals surface area contributed by atoms with E-state index in [0.717, 1.165) is 22.2 Å². The smallest absolute Gasteiger partial charge is 0.259 e. The highest BCUT2D eigenvalue weighted by atomic mass is 16.2. The molecule has 146 valence electrons. The highest BCUT2D eigenvalue weighted by molar-refractivity contribution is 5.94. The number of pyridine rings is 1. The number of aromatic nitrogens is 3. The summed E-state index contributed by atoms with van der Waals surface area (Å²) in [6, 6.07) is 16.9. The molecule has 2 heterocycles. The standard InChI is InChI=1S/C23H22N4O2/c1-3-27(4-2)23(29)16-11-9-15(10-12-16)20-14-24-21(25-20)18-13-17-7-5-6-8-19(17)26-22(18)28/h5-14H,3-4H2,1-2H3,(H,24,25)(H,26,28). The molecule has 0 spiro atoms. The molecule has 0 saturated carbocycles. The predicted octanol–water partition coefficient (Wildman–Crippen LogP) is 4.07. The number of imidazole rings is 1. The molecule has 0 aliphatic carbocycles. The topological polar surface area (TPSA) is 81.8 Å². The summed E-state index contributed by atoms with van der Waals surface area (Å²) >= 11 is 0. The summed E-state index contributed by atoms with van der Waals surface area (Å²) in [7, 11) is 0. The molecule has 0 aliphatic heterocycles. The average molecular weight is 386 g/mol. The third-order valence-electron chi connectivity index (χ3n) is 5.08. The lowest BCUT2D eigenvalue weighted by Gasteiger charge is -2.18. The summed E-state index contributed by atoms with van der Waals surface area (Å²) < 4.78 is 0. The molecule has 0 aliphatic rings. The van der Waals surface area contributed by atoms with Gasteiger partial charge in [0, 0.05) is 24.2 Å². The molecule has 1 amide bonds. The Morgan fingerprint density at radius 2 is 1.72 bits per heavy atom. The number of aromatic amines is 2. The van der Waals surface area contributed by atoms with Crippen molar-refractivity contribution >= 4 is 16.8 Å². The van der Waals surface area contributed by atoms with Crippen LogP contribution >= 0.6 is 0 Å². The molecule has 0 unspecified atom stereocenters. The molecular weight excluding hydrogens is 364 g/mol. The highest BCUT2D eigenvalue weighted by Crippen LogP contribution is 2.23. The molecular formula is C23H22N4O2. The van der Waals surface area contributed by atoms with Gasteiger partial charge in [0.25, 0.3) is 11.5 Å². The van der Waals surface area contributed by atoms with Gasteiger partial charge in [-0.15, -0.1) is 0 Å². The third kappa shape index (κ3) is 3.57. The van der Waals surface area contributed by atoms with E-state index in [2.05, 4.69) is 15.0 Å². The van der Waals surface area contributed by atoms with Crippen molar-refractivity contribution in [2.75, 3.05) is 13.1 Å². The van der Waals surface area contributed by atoms with E-state index in [1.807, 2.05) is 68.4 Å². The first-order valence-corrected chi connectivity index (χ1v) is 9.68. The Labute approximate surface area is 168 Å². The van der Waals surface area contributed by atoms with Crippen LogP contribution in [0.25, 0.3) is 33.5 Å². The second-order valence-corrected chi connectivity index (χ2v) is 6.80. The lowest BCUT2D eigenvalue weighted by Crippen LogP contribution is -2.30. The van der Waals surface area contributed by atoms with E-state index in [9.17, 15) is 9.59 Å². The van der Waals surface area contributed by atoms with Crippen molar-refractivity contribution in [3.8, 4) is 22.6 Å². The Balaban J connectivity index is 1.64. The maximum atomic E-state index is 12.5. The maximum Gasteiger partial charge on any atom is 0.259 e. The van der Waals surface area contributed by atoms with Crippen LogP contribution in [0.15, 0.2) is 65.6 Å². The van der Waals surface area contributed by atoms with Gasteiger partial charge < -0.3 is 14.9 Å². The molecule has 6 heteroatoms. The van der Waals surface area contributed by atoms with E-state index in [0.29, 0.717) is 30.0 Å². The minimum absolute atomic E-state index is 0.0227. The zero-order chi connectivity index (χ0) is 20.4. The number of hydrogen-bond donors (Lipinski definition) is 2. The van der Waals surface area contributed by atoms with E-state index in [4.69, 9.17) is 0 Å². The van der Waals surface area contributed by atoms with Crippen LogP contribution in [0.1, 0.15) is 24.2 Å². The van der Waals surface area contributed by atoms with Gasteiger partial charge in [0.05, 0.1) is 17.5 Å². The van der Waals surface area contributed by atoms with Gasteiger partial charge in [-0.05, 0) is 49.1 Å². The van der Waals surface area contributed by atoms with E-state index in [-0.39, 0.29) is 11.5 Å². The molecule has 2 aromatic carbocycles. The number of nitrogens with zero attached hydrogens (tertiary/aromatic N) is 2. The quantitative estimate of drug-likeness (QED) is 0.542. The molecule has 0 bridgehead atoms. The Bertz CT molecular complexity index is 1220. The van der Waals surface area contributed by atoms with Gasteiger partial charge in [-0.1, -0.05) is 30.3 Å². The van der Waals surface area contributed by atoms with Crippen molar-refractivity contribution in [1.29, 1.82) is 0 Å². The second kappa shape index (κ2) is 7.75. The summed E-state index contributed by atoms with van der Waals surface area (Å²) in [6.07, 6.45) is 1.70. The second-order valence-electron chi connectivity index (χ2n) is 6.80. The number of carbonyl (C=O) groups is 1. The Hall–Kier alpha value is -3.67. The summed E-state index contributed by atoms with van der Waals surface area (Å²) in [4.78, 5) is 37.2. The van der Waals surface area contributed by atoms with Crippen molar-refractivity contribution in [3.63, 3.8) is 0 Å².